The summed E-state index contributed by atoms with van der Waals surface area (Å²) in [5.74, 6) is 0. The number of hydrogen-bond donors (Lipinski definition) is 1. The van der Waals surface area contributed by atoms with Gasteiger partial charge in [0.2, 0.25) is 0 Å². The first-order valence-electron chi connectivity index (χ1n) is 10.5. The minimum atomic E-state index is -3.86. The molecule has 1 atom stereocenters. The maximum atomic E-state index is 13.7. The molecule has 7 heteroatoms. The van der Waals surface area contributed by atoms with Gasteiger partial charge in [0.15, 0.2) is 0 Å². The van der Waals surface area contributed by atoms with Gasteiger partial charge in [0.1, 0.15) is 0 Å². The van der Waals surface area contributed by atoms with E-state index in [4.69, 9.17) is 4.74 Å². The lowest BCUT2D eigenvalue weighted by Crippen LogP contribution is -2.46. The highest BCUT2D eigenvalue weighted by Crippen LogP contribution is 2.27. The lowest BCUT2D eigenvalue weighted by molar-refractivity contribution is 0.0166. The van der Waals surface area contributed by atoms with Crippen molar-refractivity contribution >= 4 is 26.5 Å². The molecular formula is C24H28N2O4S. The van der Waals surface area contributed by atoms with Gasteiger partial charge in [-0.25, -0.2) is 8.42 Å². The van der Waals surface area contributed by atoms with Crippen LogP contribution in [0.4, 0.5) is 5.69 Å². The molecule has 3 aromatic carbocycles. The number of fused-ring (bicyclic) bond motifs is 1. The first-order chi connectivity index (χ1) is 14.9. The van der Waals surface area contributed by atoms with Crippen LogP contribution in [0.2, 0.25) is 0 Å². The van der Waals surface area contributed by atoms with Gasteiger partial charge in [0, 0.05) is 19.6 Å². The molecule has 0 unspecified atom stereocenters. The van der Waals surface area contributed by atoms with Crippen molar-refractivity contribution in [2.75, 3.05) is 43.7 Å². The molecule has 1 aliphatic heterocycles. The Morgan fingerprint density at radius 3 is 2.39 bits per heavy atom. The fraction of sp³-hybridized carbons (Fsp3) is 0.333. The van der Waals surface area contributed by atoms with Crippen LogP contribution in [0.25, 0.3) is 10.8 Å². The highest BCUT2D eigenvalue weighted by molar-refractivity contribution is 7.92. The van der Waals surface area contributed by atoms with Crippen molar-refractivity contribution < 1.29 is 18.3 Å². The van der Waals surface area contributed by atoms with Crippen LogP contribution in [-0.2, 0) is 14.8 Å². The Morgan fingerprint density at radius 1 is 1.00 bits per heavy atom. The van der Waals surface area contributed by atoms with Crippen LogP contribution in [0.3, 0.4) is 0 Å². The molecule has 164 valence electrons. The number of morpholine rings is 1. The number of ether oxygens (including phenoxy) is 1. The number of anilines is 1. The van der Waals surface area contributed by atoms with Crippen LogP contribution in [0.5, 0.6) is 0 Å². The van der Waals surface area contributed by atoms with E-state index in [-0.39, 0.29) is 11.4 Å². The van der Waals surface area contributed by atoms with E-state index in [0.717, 1.165) is 29.4 Å². The third-order valence-corrected chi connectivity index (χ3v) is 7.37. The number of β-amino-alcohol motifs (C(OH)–C–C–N with tert-alkyl or cyclic N) is 1. The lowest BCUT2D eigenvalue weighted by Gasteiger charge is -2.31. The zero-order valence-corrected chi connectivity index (χ0v) is 18.5. The number of sulfonamides is 1. The minimum absolute atomic E-state index is 0.0183. The van der Waals surface area contributed by atoms with E-state index in [1.54, 1.807) is 24.3 Å². The Morgan fingerprint density at radius 2 is 1.68 bits per heavy atom. The van der Waals surface area contributed by atoms with E-state index in [2.05, 4.69) is 4.90 Å². The fourth-order valence-corrected chi connectivity index (χ4v) is 5.38. The zero-order chi connectivity index (χ0) is 21.8. The summed E-state index contributed by atoms with van der Waals surface area (Å²) in [6.45, 7) is 5.07. The van der Waals surface area contributed by atoms with Crippen LogP contribution >= 0.6 is 0 Å². The van der Waals surface area contributed by atoms with Crippen molar-refractivity contribution in [3.8, 4) is 0 Å². The molecule has 0 saturated carbocycles. The molecule has 4 rings (SSSR count). The molecular weight excluding hydrogens is 412 g/mol. The Labute approximate surface area is 183 Å². The Bertz CT molecular complexity index is 1130. The summed E-state index contributed by atoms with van der Waals surface area (Å²) in [7, 11) is -3.86. The second-order valence-electron chi connectivity index (χ2n) is 7.95. The summed E-state index contributed by atoms with van der Waals surface area (Å²) in [4.78, 5) is 2.31. The third kappa shape index (κ3) is 5.07. The number of nitrogens with zero attached hydrogens (tertiary/aromatic N) is 2. The maximum absolute atomic E-state index is 13.7. The van der Waals surface area contributed by atoms with Crippen molar-refractivity contribution in [3.05, 3.63) is 72.3 Å². The molecule has 3 aromatic rings. The molecule has 1 saturated heterocycles. The smallest absolute Gasteiger partial charge is 0.264 e. The van der Waals surface area contributed by atoms with Crippen LogP contribution in [0.1, 0.15) is 5.56 Å². The zero-order valence-electron chi connectivity index (χ0n) is 17.6. The summed E-state index contributed by atoms with van der Waals surface area (Å²) in [6.07, 6.45) is -0.824. The van der Waals surface area contributed by atoms with Crippen LogP contribution in [0, 0.1) is 6.92 Å². The molecule has 0 aliphatic carbocycles. The minimum Gasteiger partial charge on any atom is -0.390 e. The molecule has 1 heterocycles. The van der Waals surface area contributed by atoms with Crippen molar-refractivity contribution in [3.63, 3.8) is 0 Å². The highest BCUT2D eigenvalue weighted by atomic mass is 32.2. The largest absolute Gasteiger partial charge is 0.390 e. The normalized spacial score (nSPS) is 16.3. The quantitative estimate of drug-likeness (QED) is 0.612. The summed E-state index contributed by atoms with van der Waals surface area (Å²) >= 11 is 0. The van der Waals surface area contributed by atoms with Crippen molar-refractivity contribution in [2.45, 2.75) is 17.9 Å². The van der Waals surface area contributed by atoms with Crippen LogP contribution in [-0.4, -0.2) is 63.9 Å². The Hall–Kier alpha value is -2.45. The molecule has 1 N–H and O–H groups in total. The molecule has 0 amide bonds. The molecule has 1 fully saturated rings. The SMILES string of the molecule is Cc1ccc(N(C[C@@H](O)CN2CCOCC2)S(=O)(=O)c2ccc3ccccc3c2)cc1. The van der Waals surface area contributed by atoms with Gasteiger partial charge in [0.25, 0.3) is 10.0 Å². The number of benzene rings is 3. The predicted molar refractivity (Wildman–Crippen MR) is 123 cm³/mol. The topological polar surface area (TPSA) is 70.1 Å². The summed E-state index contributed by atoms with van der Waals surface area (Å²) in [5, 5.41) is 12.6. The average Bonchev–Trinajstić information content (AvgIpc) is 2.78. The standard InChI is InChI=1S/C24H28N2O4S/c1-19-6-9-22(10-7-19)26(18-23(27)17-25-12-14-30-15-13-25)31(28,29)24-11-8-20-4-2-3-5-21(20)16-24/h2-11,16,23,27H,12-15,17-18H2,1H3/t23-/m0/s1. The first kappa shape index (κ1) is 21.8. The fourth-order valence-electron chi connectivity index (χ4n) is 3.84. The molecule has 31 heavy (non-hydrogen) atoms. The van der Waals surface area contributed by atoms with E-state index >= 15 is 0 Å². The average molecular weight is 441 g/mol. The highest BCUT2D eigenvalue weighted by Gasteiger charge is 2.28. The van der Waals surface area contributed by atoms with Crippen molar-refractivity contribution in [2.24, 2.45) is 0 Å². The van der Waals surface area contributed by atoms with Gasteiger partial charge >= 0.3 is 0 Å². The second kappa shape index (κ2) is 9.36. The van der Waals surface area contributed by atoms with Crippen LogP contribution in [0.15, 0.2) is 71.6 Å². The number of rotatable bonds is 7. The van der Waals surface area contributed by atoms with Crippen LogP contribution < -0.4 is 4.31 Å². The van der Waals surface area contributed by atoms with Gasteiger partial charge in [-0.05, 0) is 42.0 Å². The van der Waals surface area contributed by atoms with E-state index in [9.17, 15) is 13.5 Å². The van der Waals surface area contributed by atoms with Crippen molar-refractivity contribution in [1.29, 1.82) is 0 Å². The molecule has 1 aliphatic rings. The molecule has 0 spiro atoms. The van der Waals surface area contributed by atoms with E-state index in [1.807, 2.05) is 49.4 Å². The summed E-state index contributed by atoms with van der Waals surface area (Å²) in [5.41, 5.74) is 1.58. The van der Waals surface area contributed by atoms with Gasteiger partial charge in [-0.15, -0.1) is 0 Å². The van der Waals surface area contributed by atoms with E-state index in [1.165, 1.54) is 4.31 Å². The second-order valence-corrected chi connectivity index (χ2v) is 9.81. The number of hydrogen-bond acceptors (Lipinski definition) is 5. The molecule has 0 bridgehead atoms. The predicted octanol–water partition coefficient (Wildman–Crippen LogP) is 3.04. The monoisotopic (exact) mass is 440 g/mol. The number of aliphatic hydroxyl groups is 1. The third-order valence-electron chi connectivity index (χ3n) is 5.58. The summed E-state index contributed by atoms with van der Waals surface area (Å²) < 4.78 is 34.0. The van der Waals surface area contributed by atoms with Gasteiger partial charge in [-0.2, -0.15) is 0 Å². The van der Waals surface area contributed by atoms with E-state index in [0.29, 0.717) is 25.4 Å². The number of aryl methyl sites for hydroxylation is 1. The van der Waals surface area contributed by atoms with E-state index < -0.39 is 16.1 Å². The first-order valence-corrected chi connectivity index (χ1v) is 11.9. The van der Waals surface area contributed by atoms with Gasteiger partial charge < -0.3 is 9.84 Å². The molecule has 0 radical (unpaired) electrons. The molecule has 0 aromatic heterocycles. The van der Waals surface area contributed by atoms with Gasteiger partial charge in [-0.3, -0.25) is 9.21 Å². The Kier molecular flexibility index (Phi) is 6.57. The maximum Gasteiger partial charge on any atom is 0.264 e. The van der Waals surface area contributed by atoms with Crippen molar-refractivity contribution in [1.82, 2.24) is 4.90 Å². The van der Waals surface area contributed by atoms with Gasteiger partial charge in [-0.1, -0.05) is 48.0 Å². The van der Waals surface area contributed by atoms with Gasteiger partial charge in [0.05, 0.1) is 36.4 Å². The number of aliphatic hydroxyl groups excluding tert-OH is 1. The summed E-state index contributed by atoms with van der Waals surface area (Å²) in [6, 6.07) is 20.2. The lowest BCUT2D eigenvalue weighted by atomic mass is 10.1. The Balaban J connectivity index is 1.65. The molecule has 6 nitrogen and oxygen atoms in total.